The van der Waals surface area contributed by atoms with E-state index in [0.29, 0.717) is 18.0 Å². The fourth-order valence-electron chi connectivity index (χ4n) is 1.37. The number of amides is 1. The molecule has 0 aliphatic rings. The molecule has 0 radical (unpaired) electrons. The summed E-state index contributed by atoms with van der Waals surface area (Å²) in [6.45, 7) is 5.52. The summed E-state index contributed by atoms with van der Waals surface area (Å²) in [5.74, 6) is 0.601. The highest BCUT2D eigenvalue weighted by Crippen LogP contribution is 2.04. The van der Waals surface area contributed by atoms with E-state index in [1.807, 2.05) is 24.3 Å². The molecule has 0 fully saturated rings. The topological polar surface area (TPSA) is 55.1 Å². The van der Waals surface area contributed by atoms with E-state index in [2.05, 4.69) is 19.2 Å². The van der Waals surface area contributed by atoms with E-state index in [-0.39, 0.29) is 18.3 Å². The Morgan fingerprint density at radius 1 is 1.29 bits per heavy atom. The number of rotatable bonds is 5. The molecule has 0 aliphatic carbocycles. The molecule has 1 amide bonds. The van der Waals surface area contributed by atoms with Crippen LogP contribution >= 0.6 is 12.4 Å². The van der Waals surface area contributed by atoms with Crippen molar-refractivity contribution < 1.29 is 4.79 Å². The van der Waals surface area contributed by atoms with Gasteiger partial charge in [0.15, 0.2) is 0 Å². The second kappa shape index (κ2) is 8.09. The Bertz CT molecular complexity index is 336. The fraction of sp³-hybridized carbons (Fsp3) is 0.462. The second-order valence-corrected chi connectivity index (χ2v) is 4.34. The molecule has 3 nitrogen and oxygen atoms in total. The minimum Gasteiger partial charge on any atom is -0.352 e. The normalized spacial score (nSPS) is 9.88. The molecule has 1 aromatic rings. The molecule has 0 heterocycles. The summed E-state index contributed by atoms with van der Waals surface area (Å²) in [5, 5.41) is 2.90. The molecule has 17 heavy (non-hydrogen) atoms. The maximum Gasteiger partial charge on any atom is 0.251 e. The van der Waals surface area contributed by atoms with Crippen LogP contribution in [0.2, 0.25) is 0 Å². The smallest absolute Gasteiger partial charge is 0.251 e. The van der Waals surface area contributed by atoms with Crippen molar-refractivity contribution in [3.05, 3.63) is 35.4 Å². The van der Waals surface area contributed by atoms with Crippen LogP contribution in [-0.2, 0) is 6.54 Å². The molecule has 4 heteroatoms. The Labute approximate surface area is 109 Å². The minimum atomic E-state index is -0.00998. The summed E-state index contributed by atoms with van der Waals surface area (Å²) in [6, 6.07) is 7.40. The SMILES string of the molecule is CC(C)CCNC(=O)c1ccc(CN)cc1.Cl. The Morgan fingerprint density at radius 2 is 1.88 bits per heavy atom. The first-order chi connectivity index (χ1) is 7.63. The number of hydrogen-bond donors (Lipinski definition) is 2. The minimum absolute atomic E-state index is 0. The van der Waals surface area contributed by atoms with Gasteiger partial charge in [-0.15, -0.1) is 12.4 Å². The van der Waals surface area contributed by atoms with Crippen molar-refractivity contribution in [2.24, 2.45) is 11.7 Å². The molecule has 0 unspecified atom stereocenters. The number of halogens is 1. The molecular weight excluding hydrogens is 236 g/mol. The molecule has 1 aromatic carbocycles. The van der Waals surface area contributed by atoms with Crippen LogP contribution in [-0.4, -0.2) is 12.5 Å². The Balaban J connectivity index is 0.00000256. The third-order valence-corrected chi connectivity index (χ3v) is 2.46. The Morgan fingerprint density at radius 3 is 2.35 bits per heavy atom. The van der Waals surface area contributed by atoms with Crippen LogP contribution in [0.15, 0.2) is 24.3 Å². The molecule has 0 saturated carbocycles. The Hall–Kier alpha value is -1.06. The first kappa shape index (κ1) is 15.9. The molecule has 0 aromatic heterocycles. The summed E-state index contributed by atoms with van der Waals surface area (Å²) in [5.41, 5.74) is 7.22. The predicted octanol–water partition coefficient (Wildman–Crippen LogP) is 2.34. The van der Waals surface area contributed by atoms with Gasteiger partial charge in [0, 0.05) is 18.7 Å². The van der Waals surface area contributed by atoms with Crippen molar-refractivity contribution in [3.8, 4) is 0 Å². The Kier molecular flexibility index (Phi) is 7.59. The molecular formula is C13H21ClN2O. The third-order valence-electron chi connectivity index (χ3n) is 2.46. The largest absolute Gasteiger partial charge is 0.352 e. The van der Waals surface area contributed by atoms with Crippen LogP contribution in [0.5, 0.6) is 0 Å². The van der Waals surface area contributed by atoms with E-state index in [9.17, 15) is 4.79 Å². The number of hydrogen-bond acceptors (Lipinski definition) is 2. The van der Waals surface area contributed by atoms with Gasteiger partial charge in [0.25, 0.3) is 5.91 Å². The highest BCUT2D eigenvalue weighted by molar-refractivity contribution is 5.94. The third kappa shape index (κ3) is 5.71. The summed E-state index contributed by atoms with van der Waals surface area (Å²) in [6.07, 6.45) is 1.01. The number of nitrogens with one attached hydrogen (secondary N) is 1. The van der Waals surface area contributed by atoms with Crippen molar-refractivity contribution in [1.82, 2.24) is 5.32 Å². The first-order valence-electron chi connectivity index (χ1n) is 5.70. The molecule has 1 rings (SSSR count). The average Bonchev–Trinajstić information content (AvgIpc) is 2.28. The van der Waals surface area contributed by atoms with Gasteiger partial charge in [0.2, 0.25) is 0 Å². The molecule has 0 bridgehead atoms. The van der Waals surface area contributed by atoms with E-state index in [1.165, 1.54) is 0 Å². The lowest BCUT2D eigenvalue weighted by molar-refractivity contribution is 0.0952. The van der Waals surface area contributed by atoms with Gasteiger partial charge in [-0.05, 0) is 30.0 Å². The van der Waals surface area contributed by atoms with E-state index < -0.39 is 0 Å². The van der Waals surface area contributed by atoms with Gasteiger partial charge in [-0.1, -0.05) is 26.0 Å². The predicted molar refractivity (Wildman–Crippen MR) is 73.4 cm³/mol. The molecule has 0 spiro atoms. The standard InChI is InChI=1S/C13H20N2O.ClH/c1-10(2)7-8-15-13(16)12-5-3-11(9-14)4-6-12;/h3-6,10H,7-9,14H2,1-2H3,(H,15,16);1H. The van der Waals surface area contributed by atoms with Crippen LogP contribution < -0.4 is 11.1 Å². The van der Waals surface area contributed by atoms with Crippen molar-refractivity contribution in [2.45, 2.75) is 26.8 Å². The van der Waals surface area contributed by atoms with Gasteiger partial charge in [-0.3, -0.25) is 4.79 Å². The lowest BCUT2D eigenvalue weighted by atomic mass is 10.1. The zero-order chi connectivity index (χ0) is 12.0. The zero-order valence-electron chi connectivity index (χ0n) is 10.4. The zero-order valence-corrected chi connectivity index (χ0v) is 11.2. The lowest BCUT2D eigenvalue weighted by Crippen LogP contribution is -2.25. The van der Waals surface area contributed by atoms with E-state index in [0.717, 1.165) is 18.5 Å². The van der Waals surface area contributed by atoms with Crippen LogP contribution in [0.25, 0.3) is 0 Å². The monoisotopic (exact) mass is 256 g/mol. The van der Waals surface area contributed by atoms with Crippen LogP contribution in [0, 0.1) is 5.92 Å². The van der Waals surface area contributed by atoms with Gasteiger partial charge < -0.3 is 11.1 Å². The molecule has 0 atom stereocenters. The van der Waals surface area contributed by atoms with Gasteiger partial charge in [-0.2, -0.15) is 0 Å². The summed E-state index contributed by atoms with van der Waals surface area (Å²) in [7, 11) is 0. The highest BCUT2D eigenvalue weighted by Gasteiger charge is 2.04. The molecule has 96 valence electrons. The van der Waals surface area contributed by atoms with Crippen molar-refractivity contribution in [2.75, 3.05) is 6.54 Å². The molecule has 0 aliphatic heterocycles. The second-order valence-electron chi connectivity index (χ2n) is 4.34. The van der Waals surface area contributed by atoms with Crippen molar-refractivity contribution in [1.29, 1.82) is 0 Å². The van der Waals surface area contributed by atoms with Crippen LogP contribution in [0.3, 0.4) is 0 Å². The summed E-state index contributed by atoms with van der Waals surface area (Å²) < 4.78 is 0. The summed E-state index contributed by atoms with van der Waals surface area (Å²) in [4.78, 5) is 11.7. The maximum absolute atomic E-state index is 11.7. The van der Waals surface area contributed by atoms with Gasteiger partial charge in [-0.25, -0.2) is 0 Å². The quantitative estimate of drug-likeness (QED) is 0.850. The van der Waals surface area contributed by atoms with Gasteiger partial charge in [0.05, 0.1) is 0 Å². The van der Waals surface area contributed by atoms with Crippen LogP contribution in [0.1, 0.15) is 36.2 Å². The first-order valence-corrected chi connectivity index (χ1v) is 5.70. The van der Waals surface area contributed by atoms with Gasteiger partial charge >= 0.3 is 0 Å². The average molecular weight is 257 g/mol. The number of carbonyl (C=O) groups excluding carboxylic acids is 1. The number of nitrogens with two attached hydrogens (primary N) is 1. The summed E-state index contributed by atoms with van der Waals surface area (Å²) >= 11 is 0. The molecule has 3 N–H and O–H groups in total. The maximum atomic E-state index is 11.7. The van der Waals surface area contributed by atoms with E-state index in [4.69, 9.17) is 5.73 Å². The lowest BCUT2D eigenvalue weighted by Gasteiger charge is -2.07. The van der Waals surface area contributed by atoms with Crippen LogP contribution in [0.4, 0.5) is 0 Å². The van der Waals surface area contributed by atoms with Gasteiger partial charge in [0.1, 0.15) is 0 Å². The number of benzene rings is 1. The number of carbonyl (C=O) groups is 1. The highest BCUT2D eigenvalue weighted by atomic mass is 35.5. The van der Waals surface area contributed by atoms with Crippen molar-refractivity contribution >= 4 is 18.3 Å². The van der Waals surface area contributed by atoms with E-state index >= 15 is 0 Å². The molecule has 0 saturated heterocycles. The fourth-order valence-corrected chi connectivity index (χ4v) is 1.37. The van der Waals surface area contributed by atoms with Crippen molar-refractivity contribution in [3.63, 3.8) is 0 Å². The van der Waals surface area contributed by atoms with E-state index in [1.54, 1.807) is 0 Å².